The second-order valence-corrected chi connectivity index (χ2v) is 0.737. The highest BCUT2D eigenvalue weighted by atomic mass is 24.3. The molecule has 0 spiro atoms. The molecule has 0 aliphatic rings. The van der Waals surface area contributed by atoms with Crippen LogP contribution in [0.5, 0.6) is 0 Å². The van der Waals surface area contributed by atoms with Gasteiger partial charge in [0.2, 0.25) is 0 Å². The van der Waals surface area contributed by atoms with Gasteiger partial charge in [-0.3, -0.25) is 4.79 Å². The Morgan fingerprint density at radius 3 is 2.25 bits per heavy atom. The van der Waals surface area contributed by atoms with Crippen LogP contribution in [-0.4, -0.2) is 35.5 Å². The summed E-state index contributed by atoms with van der Waals surface area (Å²) in [5, 5.41) is 0. The summed E-state index contributed by atoms with van der Waals surface area (Å²) in [4.78, 5) is 19.1. The number of rotatable bonds is 2. The zero-order chi connectivity index (χ0) is 5.70. The van der Waals surface area contributed by atoms with Crippen molar-refractivity contribution in [2.75, 3.05) is 0 Å². The zero-order valence-electron chi connectivity index (χ0n) is 3.59. The van der Waals surface area contributed by atoms with Crippen molar-refractivity contribution in [2.24, 2.45) is 0 Å². The molecule has 0 unspecified atom stereocenters. The largest absolute Gasteiger partial charge is 0.392 e. The maximum atomic E-state index is 9.84. The van der Waals surface area contributed by atoms with E-state index < -0.39 is 5.97 Å². The van der Waals surface area contributed by atoms with E-state index >= 15 is 0 Å². The van der Waals surface area contributed by atoms with Crippen molar-refractivity contribution in [3.8, 4) is 0 Å². The number of carbonyl (C=O) groups is 2. The van der Waals surface area contributed by atoms with Crippen LogP contribution in [0.4, 0.5) is 0 Å². The van der Waals surface area contributed by atoms with Crippen molar-refractivity contribution < 1.29 is 14.3 Å². The summed E-state index contributed by atoms with van der Waals surface area (Å²) in [5.41, 5.74) is 0. The van der Waals surface area contributed by atoms with E-state index in [0.29, 0.717) is 0 Å². The topological polar surface area (TPSA) is 43.4 Å². The average molecular weight is 126 g/mol. The molecule has 42 valence electrons. The quantitative estimate of drug-likeness (QED) is 0.156. The molecule has 0 aliphatic heterocycles. The van der Waals surface area contributed by atoms with Crippen molar-refractivity contribution in [2.45, 2.75) is 0 Å². The van der Waals surface area contributed by atoms with Crippen LogP contribution in [-0.2, 0) is 14.3 Å². The third kappa shape index (κ3) is 5.65. The Hall–Kier alpha value is -0.354. The molecule has 0 saturated carbocycles. The van der Waals surface area contributed by atoms with Gasteiger partial charge in [-0.2, -0.15) is 0 Å². The minimum Gasteiger partial charge on any atom is -0.392 e. The molecule has 0 amide bonds. The van der Waals surface area contributed by atoms with Crippen molar-refractivity contribution in [1.82, 2.24) is 0 Å². The lowest BCUT2D eigenvalue weighted by Crippen LogP contribution is -1.95. The SMILES string of the molecule is C=CC(=O)OC=O.[MgH2]. The van der Waals surface area contributed by atoms with Crippen LogP contribution < -0.4 is 0 Å². The molecule has 0 radical (unpaired) electrons. The van der Waals surface area contributed by atoms with E-state index in [0.717, 1.165) is 6.08 Å². The van der Waals surface area contributed by atoms with E-state index in [1.165, 1.54) is 0 Å². The molecule has 0 aromatic carbocycles. The van der Waals surface area contributed by atoms with Crippen molar-refractivity contribution >= 4 is 35.5 Å². The van der Waals surface area contributed by atoms with Gasteiger partial charge in [-0.1, -0.05) is 6.58 Å². The van der Waals surface area contributed by atoms with Gasteiger partial charge in [0.25, 0.3) is 0 Å². The predicted molar refractivity (Wildman–Crippen MR) is 30.9 cm³/mol. The van der Waals surface area contributed by atoms with E-state index in [4.69, 9.17) is 0 Å². The lowest BCUT2D eigenvalue weighted by molar-refractivity contribution is -0.147. The fraction of sp³-hybridized carbons (Fsp3) is 0. The van der Waals surface area contributed by atoms with Crippen LogP contribution >= 0.6 is 0 Å². The molecular weight excluding hydrogens is 120 g/mol. The Morgan fingerprint density at radius 1 is 1.62 bits per heavy atom. The number of hydrogen-bond acceptors (Lipinski definition) is 3. The molecule has 3 nitrogen and oxygen atoms in total. The Kier molecular flexibility index (Phi) is 8.80. The first-order valence-corrected chi connectivity index (χ1v) is 1.58. The summed E-state index contributed by atoms with van der Waals surface area (Å²) in [5.74, 6) is -0.727. The van der Waals surface area contributed by atoms with Crippen LogP contribution in [0.1, 0.15) is 0 Å². The van der Waals surface area contributed by atoms with Crippen molar-refractivity contribution in [3.63, 3.8) is 0 Å². The number of carbonyl (C=O) groups excluding carboxylic acids is 2. The lowest BCUT2D eigenvalue weighted by atomic mass is 10.7. The first-order chi connectivity index (χ1) is 3.31. The molecular formula is C4H6MgO3. The molecule has 0 aliphatic carbocycles. The fourth-order valence-electron chi connectivity index (χ4n) is 0.0955. The maximum absolute atomic E-state index is 9.84. The Bertz CT molecular complexity index is 99.5. The second-order valence-electron chi connectivity index (χ2n) is 0.737. The van der Waals surface area contributed by atoms with Gasteiger partial charge >= 0.3 is 35.5 Å². The average Bonchev–Trinajstić information content (AvgIpc) is 1.68. The molecule has 8 heavy (non-hydrogen) atoms. The molecule has 4 heteroatoms. The Labute approximate surface area is 62.9 Å². The van der Waals surface area contributed by atoms with Crippen LogP contribution in [0, 0.1) is 0 Å². The van der Waals surface area contributed by atoms with Gasteiger partial charge in [-0.05, 0) is 0 Å². The molecule has 0 bridgehead atoms. The highest BCUT2D eigenvalue weighted by Gasteiger charge is 1.87. The summed E-state index contributed by atoms with van der Waals surface area (Å²) < 4.78 is 3.75. The van der Waals surface area contributed by atoms with Crippen LogP contribution in [0.25, 0.3) is 0 Å². The first-order valence-electron chi connectivity index (χ1n) is 1.58. The van der Waals surface area contributed by atoms with E-state index in [9.17, 15) is 9.59 Å². The van der Waals surface area contributed by atoms with Crippen molar-refractivity contribution in [3.05, 3.63) is 12.7 Å². The van der Waals surface area contributed by atoms with Gasteiger partial charge in [0.05, 0.1) is 0 Å². The van der Waals surface area contributed by atoms with Crippen LogP contribution in [0.2, 0.25) is 0 Å². The van der Waals surface area contributed by atoms with E-state index in [1.807, 2.05) is 0 Å². The fourth-order valence-corrected chi connectivity index (χ4v) is 0.0955. The number of esters is 1. The van der Waals surface area contributed by atoms with Gasteiger partial charge in [0, 0.05) is 6.08 Å². The normalized spacial score (nSPS) is 6.00. The van der Waals surface area contributed by atoms with Crippen molar-refractivity contribution in [1.29, 1.82) is 0 Å². The maximum Gasteiger partial charge on any atom is 0.337 e. The monoisotopic (exact) mass is 126 g/mol. The first kappa shape index (κ1) is 10.6. The summed E-state index contributed by atoms with van der Waals surface area (Å²) >= 11 is 0. The van der Waals surface area contributed by atoms with Gasteiger partial charge in [0.1, 0.15) is 0 Å². The highest BCUT2D eigenvalue weighted by molar-refractivity contribution is 5.85. The van der Waals surface area contributed by atoms with E-state index in [-0.39, 0.29) is 29.5 Å². The zero-order valence-corrected chi connectivity index (χ0v) is 3.59. The molecule has 0 rings (SSSR count). The van der Waals surface area contributed by atoms with Crippen LogP contribution in [0.15, 0.2) is 12.7 Å². The third-order valence-electron chi connectivity index (χ3n) is 0.331. The van der Waals surface area contributed by atoms with Gasteiger partial charge in [-0.15, -0.1) is 0 Å². The predicted octanol–water partition coefficient (Wildman–Crippen LogP) is -1.04. The molecule has 0 atom stereocenters. The smallest absolute Gasteiger partial charge is 0.337 e. The standard InChI is InChI=1S/C4H4O3.Mg.2H/c1-2-4(6)7-3-5;;;/h2-3H,1H2;;;. The minimum absolute atomic E-state index is 0. The van der Waals surface area contributed by atoms with Gasteiger partial charge in [-0.25, -0.2) is 4.79 Å². The summed E-state index contributed by atoms with van der Waals surface area (Å²) in [6, 6.07) is 0. The van der Waals surface area contributed by atoms with Gasteiger partial charge in [0.15, 0.2) is 0 Å². The van der Waals surface area contributed by atoms with Crippen LogP contribution in [0.3, 0.4) is 0 Å². The molecule has 0 heterocycles. The molecule has 0 aromatic rings. The third-order valence-corrected chi connectivity index (χ3v) is 0.331. The Morgan fingerprint density at radius 2 is 2.12 bits per heavy atom. The highest BCUT2D eigenvalue weighted by Crippen LogP contribution is 1.69. The molecule has 0 N–H and O–H groups in total. The summed E-state index contributed by atoms with van der Waals surface area (Å²) in [6.07, 6.45) is 0.911. The molecule has 0 saturated heterocycles. The molecule has 0 fully saturated rings. The minimum atomic E-state index is -0.727. The van der Waals surface area contributed by atoms with Gasteiger partial charge < -0.3 is 4.74 Å². The summed E-state index contributed by atoms with van der Waals surface area (Å²) in [7, 11) is 0. The number of hydrogen-bond donors (Lipinski definition) is 0. The van der Waals surface area contributed by atoms with E-state index in [2.05, 4.69) is 11.3 Å². The number of ether oxygens (including phenoxy) is 1. The second kappa shape index (κ2) is 6.65. The lowest BCUT2D eigenvalue weighted by Gasteiger charge is -1.81. The Balaban J connectivity index is 0. The van der Waals surface area contributed by atoms with E-state index in [1.54, 1.807) is 0 Å². The molecule has 0 aromatic heterocycles. The summed E-state index contributed by atoms with van der Waals surface area (Å²) in [6.45, 7) is 3.11.